The molecule has 0 saturated carbocycles. The molecule has 0 bridgehead atoms. The van der Waals surface area contributed by atoms with Crippen LogP contribution in [-0.4, -0.2) is 36.0 Å². The van der Waals surface area contributed by atoms with Gasteiger partial charge in [-0.1, -0.05) is 12.5 Å². The molecule has 5 heteroatoms. The van der Waals surface area contributed by atoms with Crippen molar-refractivity contribution in [3.8, 4) is 0 Å². The van der Waals surface area contributed by atoms with Gasteiger partial charge in [-0.05, 0) is 45.4 Å². The summed E-state index contributed by atoms with van der Waals surface area (Å²) in [6.45, 7) is 5.24. The summed E-state index contributed by atoms with van der Waals surface area (Å²) in [7, 11) is 0. The molecule has 1 heterocycles. The normalized spacial score (nSPS) is 18.8. The molecule has 1 saturated heterocycles. The Hall–Kier alpha value is -1.49. The molecule has 1 aliphatic heterocycles. The monoisotopic (exact) mass is 296 g/mol. The van der Waals surface area contributed by atoms with E-state index in [1.807, 2.05) is 13.8 Å². The SMILES string of the molecule is CC(C)N(CC1CCCCN1)C(=O)c1cccc(F)c1F. The highest BCUT2D eigenvalue weighted by Crippen LogP contribution is 2.17. The second-order valence-electron chi connectivity index (χ2n) is 5.80. The van der Waals surface area contributed by atoms with Crippen LogP contribution in [0.3, 0.4) is 0 Å². The Morgan fingerprint density at radius 3 is 2.76 bits per heavy atom. The van der Waals surface area contributed by atoms with E-state index in [0.29, 0.717) is 6.54 Å². The van der Waals surface area contributed by atoms with Crippen LogP contribution in [0.15, 0.2) is 18.2 Å². The van der Waals surface area contributed by atoms with E-state index in [1.54, 1.807) is 4.90 Å². The van der Waals surface area contributed by atoms with E-state index in [0.717, 1.165) is 31.9 Å². The molecular weight excluding hydrogens is 274 g/mol. The maximum atomic E-state index is 13.8. The van der Waals surface area contributed by atoms with Gasteiger partial charge in [0.15, 0.2) is 11.6 Å². The third-order valence-electron chi connectivity index (χ3n) is 3.90. The number of amides is 1. The number of nitrogens with zero attached hydrogens (tertiary/aromatic N) is 1. The maximum absolute atomic E-state index is 13.8. The van der Waals surface area contributed by atoms with Gasteiger partial charge in [-0.2, -0.15) is 0 Å². The average molecular weight is 296 g/mol. The molecule has 1 aromatic carbocycles. The van der Waals surface area contributed by atoms with E-state index in [2.05, 4.69) is 5.32 Å². The maximum Gasteiger partial charge on any atom is 0.257 e. The molecule has 3 nitrogen and oxygen atoms in total. The standard InChI is InChI=1S/C16H22F2N2O/c1-11(2)20(10-12-6-3-4-9-19-12)16(21)13-7-5-8-14(17)15(13)18/h5,7-8,11-12,19H,3-4,6,9-10H2,1-2H3. The van der Waals surface area contributed by atoms with Crippen LogP contribution in [0.5, 0.6) is 0 Å². The van der Waals surface area contributed by atoms with Crippen molar-refractivity contribution >= 4 is 5.91 Å². The van der Waals surface area contributed by atoms with Gasteiger partial charge in [0.25, 0.3) is 5.91 Å². The summed E-state index contributed by atoms with van der Waals surface area (Å²) in [4.78, 5) is 14.1. The van der Waals surface area contributed by atoms with E-state index < -0.39 is 17.5 Å². The third kappa shape index (κ3) is 3.79. The number of rotatable bonds is 4. The van der Waals surface area contributed by atoms with Crippen LogP contribution in [0.1, 0.15) is 43.5 Å². The van der Waals surface area contributed by atoms with Gasteiger partial charge < -0.3 is 10.2 Å². The smallest absolute Gasteiger partial charge is 0.257 e. The molecule has 0 spiro atoms. The summed E-state index contributed by atoms with van der Waals surface area (Å²) in [5.41, 5.74) is -0.195. The van der Waals surface area contributed by atoms with Gasteiger partial charge in [0.1, 0.15) is 0 Å². The van der Waals surface area contributed by atoms with Crippen molar-refractivity contribution in [1.29, 1.82) is 0 Å². The minimum absolute atomic E-state index is 0.0658. The number of carbonyl (C=O) groups is 1. The molecule has 1 N–H and O–H groups in total. The van der Waals surface area contributed by atoms with Gasteiger partial charge in [-0.15, -0.1) is 0 Å². The Bertz CT molecular complexity index is 499. The molecule has 1 aromatic rings. The first-order valence-corrected chi connectivity index (χ1v) is 7.49. The van der Waals surface area contributed by atoms with E-state index in [-0.39, 0.29) is 17.6 Å². The molecule has 2 rings (SSSR count). The lowest BCUT2D eigenvalue weighted by Gasteiger charge is -2.33. The largest absolute Gasteiger partial charge is 0.335 e. The lowest BCUT2D eigenvalue weighted by atomic mass is 10.0. The second kappa shape index (κ2) is 6.98. The van der Waals surface area contributed by atoms with Crippen molar-refractivity contribution in [3.05, 3.63) is 35.4 Å². The summed E-state index contributed by atoms with van der Waals surface area (Å²) < 4.78 is 27.1. The van der Waals surface area contributed by atoms with Crippen molar-refractivity contribution in [3.63, 3.8) is 0 Å². The van der Waals surface area contributed by atoms with Crippen LogP contribution >= 0.6 is 0 Å². The van der Waals surface area contributed by atoms with Gasteiger partial charge in [0.05, 0.1) is 5.56 Å². The summed E-state index contributed by atoms with van der Waals surface area (Å²) in [6.07, 6.45) is 3.28. The van der Waals surface area contributed by atoms with Crippen LogP contribution in [0, 0.1) is 11.6 Å². The number of hydrogen-bond donors (Lipinski definition) is 1. The summed E-state index contributed by atoms with van der Waals surface area (Å²) >= 11 is 0. The average Bonchev–Trinajstić information content (AvgIpc) is 2.48. The van der Waals surface area contributed by atoms with Crippen molar-refractivity contribution in [1.82, 2.24) is 10.2 Å². The molecule has 21 heavy (non-hydrogen) atoms. The zero-order valence-electron chi connectivity index (χ0n) is 12.5. The number of carbonyl (C=O) groups excluding carboxylic acids is 1. The van der Waals surface area contributed by atoms with Crippen molar-refractivity contribution in [2.45, 2.75) is 45.2 Å². The molecule has 0 radical (unpaired) electrons. The molecule has 0 aliphatic carbocycles. The zero-order valence-corrected chi connectivity index (χ0v) is 12.5. The van der Waals surface area contributed by atoms with Crippen molar-refractivity contribution in [2.24, 2.45) is 0 Å². The number of piperidine rings is 1. The predicted octanol–water partition coefficient (Wildman–Crippen LogP) is 2.96. The van der Waals surface area contributed by atoms with Crippen LogP contribution in [0.25, 0.3) is 0 Å². The second-order valence-corrected chi connectivity index (χ2v) is 5.80. The zero-order chi connectivity index (χ0) is 15.4. The molecule has 1 unspecified atom stereocenters. The van der Waals surface area contributed by atoms with E-state index in [9.17, 15) is 13.6 Å². The molecule has 1 amide bonds. The minimum atomic E-state index is -1.07. The Kier molecular flexibility index (Phi) is 5.28. The van der Waals surface area contributed by atoms with E-state index in [1.165, 1.54) is 12.1 Å². The van der Waals surface area contributed by atoms with Crippen LogP contribution < -0.4 is 5.32 Å². The number of nitrogens with one attached hydrogen (secondary N) is 1. The highest BCUT2D eigenvalue weighted by molar-refractivity contribution is 5.94. The Labute approximate surface area is 124 Å². The number of halogens is 2. The fourth-order valence-corrected chi connectivity index (χ4v) is 2.67. The van der Waals surface area contributed by atoms with Crippen LogP contribution in [0.2, 0.25) is 0 Å². The molecule has 116 valence electrons. The molecule has 0 aromatic heterocycles. The fourth-order valence-electron chi connectivity index (χ4n) is 2.67. The lowest BCUT2D eigenvalue weighted by molar-refractivity contribution is 0.0671. The Morgan fingerprint density at radius 1 is 1.38 bits per heavy atom. The van der Waals surface area contributed by atoms with Gasteiger partial charge in [-0.25, -0.2) is 8.78 Å². The third-order valence-corrected chi connectivity index (χ3v) is 3.90. The van der Waals surface area contributed by atoms with Gasteiger partial charge in [0, 0.05) is 18.6 Å². The highest BCUT2D eigenvalue weighted by atomic mass is 19.2. The van der Waals surface area contributed by atoms with Gasteiger partial charge >= 0.3 is 0 Å². The highest BCUT2D eigenvalue weighted by Gasteiger charge is 2.26. The first kappa shape index (κ1) is 15.9. The first-order chi connectivity index (χ1) is 10.0. The fraction of sp³-hybridized carbons (Fsp3) is 0.562. The first-order valence-electron chi connectivity index (χ1n) is 7.49. The summed E-state index contributed by atoms with van der Waals surface area (Å²) in [6, 6.07) is 3.88. The topological polar surface area (TPSA) is 32.3 Å². The summed E-state index contributed by atoms with van der Waals surface area (Å²) in [5.74, 6) is -2.50. The Morgan fingerprint density at radius 2 is 2.14 bits per heavy atom. The van der Waals surface area contributed by atoms with Crippen LogP contribution in [-0.2, 0) is 0 Å². The Balaban J connectivity index is 2.17. The van der Waals surface area contributed by atoms with Gasteiger partial charge in [0.2, 0.25) is 0 Å². The van der Waals surface area contributed by atoms with Gasteiger partial charge in [-0.3, -0.25) is 4.79 Å². The lowest BCUT2D eigenvalue weighted by Crippen LogP contribution is -2.48. The minimum Gasteiger partial charge on any atom is -0.335 e. The van der Waals surface area contributed by atoms with E-state index in [4.69, 9.17) is 0 Å². The van der Waals surface area contributed by atoms with Crippen molar-refractivity contribution < 1.29 is 13.6 Å². The molecular formula is C16H22F2N2O. The van der Waals surface area contributed by atoms with Crippen LogP contribution in [0.4, 0.5) is 8.78 Å². The quantitative estimate of drug-likeness (QED) is 0.926. The molecule has 1 atom stereocenters. The summed E-state index contributed by atoms with van der Waals surface area (Å²) in [5, 5.41) is 3.38. The van der Waals surface area contributed by atoms with Crippen molar-refractivity contribution in [2.75, 3.05) is 13.1 Å². The predicted molar refractivity (Wildman–Crippen MR) is 78.2 cm³/mol. The number of benzene rings is 1. The number of hydrogen-bond acceptors (Lipinski definition) is 2. The molecule has 1 fully saturated rings. The molecule has 1 aliphatic rings. The van der Waals surface area contributed by atoms with E-state index >= 15 is 0 Å².